The first-order valence-corrected chi connectivity index (χ1v) is 8.94. The molecule has 0 saturated carbocycles. The monoisotopic (exact) mass is 327 g/mol. The number of pyridine rings is 1. The molecule has 100 valence electrons. The van der Waals surface area contributed by atoms with Gasteiger partial charge in [-0.2, -0.15) is 0 Å². The molecule has 1 heterocycles. The standard InChI is InChI=1S/C18H17NSe/c1-2-8-15(9-3-1)17(16-10-4-5-11-16)14-20-18-12-6-7-13-19-18/h1-13,16-17H,14H2/t17-/m0/s1. The molecule has 1 aliphatic rings. The topological polar surface area (TPSA) is 12.9 Å². The van der Waals surface area contributed by atoms with Crippen molar-refractivity contribution >= 4 is 19.5 Å². The van der Waals surface area contributed by atoms with Gasteiger partial charge in [0.05, 0.1) is 0 Å². The number of aromatic nitrogens is 1. The number of nitrogens with zero attached hydrogens (tertiary/aromatic N) is 1. The first kappa shape index (κ1) is 13.4. The molecular weight excluding hydrogens is 309 g/mol. The maximum atomic E-state index is 4.46. The third kappa shape index (κ3) is 3.27. The fourth-order valence-electron chi connectivity index (χ4n) is 2.45. The van der Waals surface area contributed by atoms with Crippen molar-refractivity contribution < 1.29 is 0 Å². The maximum absolute atomic E-state index is 4.46. The molecular formula is C18H17NSe. The van der Waals surface area contributed by atoms with Crippen LogP contribution in [0.4, 0.5) is 0 Å². The summed E-state index contributed by atoms with van der Waals surface area (Å²) in [6.45, 7) is 0. The first-order chi connectivity index (χ1) is 9.93. The Bertz CT molecular complexity index is 577. The fraction of sp³-hybridized carbons (Fsp3) is 0.167. The van der Waals surface area contributed by atoms with Crippen molar-refractivity contribution in [2.75, 3.05) is 0 Å². The predicted molar refractivity (Wildman–Crippen MR) is 85.4 cm³/mol. The minimum atomic E-state index is 0.423. The van der Waals surface area contributed by atoms with Crippen molar-refractivity contribution in [2.24, 2.45) is 5.92 Å². The van der Waals surface area contributed by atoms with Gasteiger partial charge in [0, 0.05) is 0 Å². The van der Waals surface area contributed by atoms with Crippen molar-refractivity contribution in [3.63, 3.8) is 0 Å². The summed E-state index contributed by atoms with van der Waals surface area (Å²) in [5.74, 6) is 1.09. The van der Waals surface area contributed by atoms with Crippen molar-refractivity contribution in [3.8, 4) is 0 Å². The summed E-state index contributed by atoms with van der Waals surface area (Å²) in [7, 11) is 0. The summed E-state index contributed by atoms with van der Waals surface area (Å²) in [5.41, 5.74) is 1.44. The molecule has 0 saturated heterocycles. The van der Waals surface area contributed by atoms with E-state index in [2.05, 4.69) is 71.8 Å². The number of hydrogen-bond acceptors (Lipinski definition) is 1. The van der Waals surface area contributed by atoms with Crippen molar-refractivity contribution in [1.82, 2.24) is 4.98 Å². The molecule has 0 aliphatic heterocycles. The van der Waals surface area contributed by atoms with E-state index in [-0.39, 0.29) is 0 Å². The summed E-state index contributed by atoms with van der Waals surface area (Å²) < 4.78 is 1.24. The van der Waals surface area contributed by atoms with E-state index < -0.39 is 0 Å². The van der Waals surface area contributed by atoms with Gasteiger partial charge in [-0.05, 0) is 0 Å². The van der Waals surface area contributed by atoms with Gasteiger partial charge in [0.15, 0.2) is 0 Å². The van der Waals surface area contributed by atoms with Crippen LogP contribution < -0.4 is 4.59 Å². The van der Waals surface area contributed by atoms with Crippen LogP contribution in [-0.2, 0) is 0 Å². The molecule has 0 spiro atoms. The summed E-state index contributed by atoms with van der Waals surface area (Å²) in [6, 6.07) is 17.1. The predicted octanol–water partition coefficient (Wildman–Crippen LogP) is 3.36. The quantitative estimate of drug-likeness (QED) is 0.768. The average Bonchev–Trinajstić information content (AvgIpc) is 3.04. The van der Waals surface area contributed by atoms with E-state index in [1.165, 1.54) is 15.5 Å². The van der Waals surface area contributed by atoms with Gasteiger partial charge < -0.3 is 0 Å². The number of rotatable bonds is 5. The Morgan fingerprint density at radius 2 is 1.70 bits per heavy atom. The molecule has 1 aromatic heterocycles. The molecule has 0 fully saturated rings. The first-order valence-electron chi connectivity index (χ1n) is 6.87. The summed E-state index contributed by atoms with van der Waals surface area (Å²) in [4.78, 5) is 4.46. The van der Waals surface area contributed by atoms with Gasteiger partial charge in [-0.25, -0.2) is 0 Å². The molecule has 1 nitrogen and oxygen atoms in total. The van der Waals surface area contributed by atoms with Gasteiger partial charge in [0.2, 0.25) is 0 Å². The van der Waals surface area contributed by atoms with Crippen LogP contribution in [0.1, 0.15) is 11.5 Å². The Kier molecular flexibility index (Phi) is 4.47. The molecule has 3 rings (SSSR count). The Hall–Kier alpha value is -1.63. The van der Waals surface area contributed by atoms with Crippen molar-refractivity contribution in [1.29, 1.82) is 0 Å². The molecule has 1 aliphatic carbocycles. The van der Waals surface area contributed by atoms with E-state index in [9.17, 15) is 0 Å². The van der Waals surface area contributed by atoms with Crippen LogP contribution in [0, 0.1) is 5.92 Å². The van der Waals surface area contributed by atoms with Crippen LogP contribution in [0.3, 0.4) is 0 Å². The van der Waals surface area contributed by atoms with Gasteiger partial charge in [-0.1, -0.05) is 0 Å². The van der Waals surface area contributed by atoms with Crippen molar-refractivity contribution in [3.05, 3.63) is 84.6 Å². The van der Waals surface area contributed by atoms with Crippen LogP contribution in [0.5, 0.6) is 0 Å². The molecule has 2 heteroatoms. The Balaban J connectivity index is 1.76. The summed E-state index contributed by atoms with van der Waals surface area (Å²) in [6.07, 6.45) is 10.8. The second kappa shape index (κ2) is 6.69. The second-order valence-corrected chi connectivity index (χ2v) is 7.03. The molecule has 1 atom stereocenters. The van der Waals surface area contributed by atoms with Gasteiger partial charge >= 0.3 is 126 Å². The van der Waals surface area contributed by atoms with Gasteiger partial charge in [0.1, 0.15) is 0 Å². The Labute approximate surface area is 126 Å². The van der Waals surface area contributed by atoms with E-state index >= 15 is 0 Å². The van der Waals surface area contributed by atoms with Gasteiger partial charge in [-0.15, -0.1) is 0 Å². The van der Waals surface area contributed by atoms with E-state index in [0.29, 0.717) is 26.8 Å². The molecule has 20 heavy (non-hydrogen) atoms. The van der Waals surface area contributed by atoms with Crippen LogP contribution in [-0.4, -0.2) is 19.9 Å². The number of benzene rings is 1. The fourth-order valence-corrected chi connectivity index (χ4v) is 4.71. The van der Waals surface area contributed by atoms with Gasteiger partial charge in [0.25, 0.3) is 0 Å². The van der Waals surface area contributed by atoms with Crippen LogP contribution in [0.15, 0.2) is 79.0 Å². The zero-order chi connectivity index (χ0) is 13.6. The minimum absolute atomic E-state index is 0.423. The molecule has 0 bridgehead atoms. The van der Waals surface area contributed by atoms with Crippen LogP contribution in [0.25, 0.3) is 0 Å². The number of allylic oxidation sites excluding steroid dienone is 4. The molecule has 0 radical (unpaired) electrons. The zero-order valence-corrected chi connectivity index (χ0v) is 12.9. The third-order valence-corrected chi connectivity index (χ3v) is 5.75. The van der Waals surface area contributed by atoms with Crippen molar-refractivity contribution in [2.45, 2.75) is 11.2 Å². The molecule has 0 unspecified atom stereocenters. The molecule has 0 amide bonds. The molecule has 2 aromatic rings. The number of hydrogen-bond donors (Lipinski definition) is 0. The van der Waals surface area contributed by atoms with Crippen LogP contribution >= 0.6 is 0 Å². The van der Waals surface area contributed by atoms with E-state index in [4.69, 9.17) is 0 Å². The average molecular weight is 326 g/mol. The van der Waals surface area contributed by atoms with E-state index in [1.807, 2.05) is 12.3 Å². The second-order valence-electron chi connectivity index (χ2n) is 4.84. The van der Waals surface area contributed by atoms with E-state index in [0.717, 1.165) is 0 Å². The Morgan fingerprint density at radius 3 is 2.40 bits per heavy atom. The normalized spacial score (nSPS) is 15.6. The molecule has 1 aromatic carbocycles. The summed E-state index contributed by atoms with van der Waals surface area (Å²) >= 11 is 0.423. The van der Waals surface area contributed by atoms with E-state index in [1.54, 1.807) is 0 Å². The summed E-state index contributed by atoms with van der Waals surface area (Å²) in [5, 5.41) is 1.19. The molecule has 0 N–H and O–H groups in total. The van der Waals surface area contributed by atoms with Crippen LogP contribution in [0.2, 0.25) is 5.32 Å². The SMILES string of the molecule is C1=CC([C@@H](C[Se]c2ccccn2)c2ccccc2)C=C1. The Morgan fingerprint density at radius 1 is 0.950 bits per heavy atom. The zero-order valence-electron chi connectivity index (χ0n) is 11.2. The van der Waals surface area contributed by atoms with Gasteiger partial charge in [-0.3, -0.25) is 0 Å². The third-order valence-electron chi connectivity index (χ3n) is 3.52.